The van der Waals surface area contributed by atoms with Gasteiger partial charge in [-0.2, -0.15) is 9.36 Å². The molecule has 4 heterocycles. The molecule has 20 nitrogen and oxygen atoms in total. The van der Waals surface area contributed by atoms with E-state index < -0.39 is 58.7 Å². The van der Waals surface area contributed by atoms with E-state index in [2.05, 4.69) is 40.7 Å². The van der Waals surface area contributed by atoms with Gasteiger partial charge in [0, 0.05) is 36.1 Å². The zero-order valence-corrected chi connectivity index (χ0v) is 31.9. The topological polar surface area (TPSA) is 268 Å². The lowest BCUT2D eigenvalue weighted by Crippen LogP contribution is -2.71. The lowest BCUT2D eigenvalue weighted by Gasteiger charge is -2.49. The van der Waals surface area contributed by atoms with Crippen molar-refractivity contribution in [1.29, 1.82) is 0 Å². The summed E-state index contributed by atoms with van der Waals surface area (Å²) >= 11 is 3.29. The number of thioether (sulfide) groups is 2. The molecule has 5 N–H and O–H groups in total. The second-order valence-electron chi connectivity index (χ2n) is 13.2. The highest BCUT2D eigenvalue weighted by Crippen LogP contribution is 2.41. The van der Waals surface area contributed by atoms with Crippen molar-refractivity contribution < 1.29 is 43.4 Å². The normalized spacial score (nSPS) is 19.9. The van der Waals surface area contributed by atoms with E-state index in [0.717, 1.165) is 48.5 Å². The fourth-order valence-corrected chi connectivity index (χ4v) is 8.29. The Kier molecular flexibility index (Phi) is 13.1. The van der Waals surface area contributed by atoms with Gasteiger partial charge in [-0.05, 0) is 75.8 Å². The van der Waals surface area contributed by atoms with E-state index in [-0.39, 0.29) is 34.3 Å². The quantitative estimate of drug-likeness (QED) is 0.0497. The molecule has 2 unspecified atom stereocenters. The van der Waals surface area contributed by atoms with Crippen LogP contribution in [0.15, 0.2) is 21.6 Å². The highest BCUT2D eigenvalue weighted by molar-refractivity contribution is 8.01. The summed E-state index contributed by atoms with van der Waals surface area (Å²) in [5.74, 6) is -3.23. The summed E-state index contributed by atoms with van der Waals surface area (Å²) in [5.41, 5.74) is 4.97. The van der Waals surface area contributed by atoms with E-state index in [0.29, 0.717) is 30.2 Å². The first-order valence-electron chi connectivity index (χ1n) is 16.8. The molecule has 2 aliphatic heterocycles. The Bertz CT molecular complexity index is 1750. The number of ether oxygens (including phenoxy) is 2. The molecule has 0 aromatic carbocycles. The lowest BCUT2D eigenvalue weighted by molar-refractivity contribution is -0.163. The minimum Gasteiger partial charge on any atom is -0.477 e. The summed E-state index contributed by atoms with van der Waals surface area (Å²) in [6.07, 6.45) is 3.16. The molecule has 0 bridgehead atoms. The summed E-state index contributed by atoms with van der Waals surface area (Å²) in [7, 11) is 0. The summed E-state index contributed by atoms with van der Waals surface area (Å²) in [6, 6.07) is -1.10. The fourth-order valence-electron chi connectivity index (χ4n) is 5.46. The first-order valence-corrected chi connectivity index (χ1v) is 19.6. The zero-order valence-electron chi connectivity index (χ0n) is 29.5. The molecule has 5 rings (SSSR count). The van der Waals surface area contributed by atoms with E-state index in [1.54, 1.807) is 20.8 Å². The largest absolute Gasteiger partial charge is 0.477 e. The number of nitrogens with one attached hydrogen (secondary N) is 2. The number of carboxylic acid groups (broad SMARTS) is 1. The number of alkyl carbamates (subject to hydrolysis) is 1. The molecular formula is C30H41N11O9S3. The SMILES string of the molecule is CC(ON=C(C(=O)NC1C(=O)N2C(C(=O)O)=C(CSc3nnnn3CCCNC(=O)OC(C)(C)C)CS[C@@H]12)c1nsc(N)n1)C(=O)OC1CCCCC1. The maximum absolute atomic E-state index is 13.5. The average Bonchev–Trinajstić information content (AvgIpc) is 3.75. The van der Waals surface area contributed by atoms with Gasteiger partial charge < -0.3 is 35.8 Å². The molecule has 3 aliphatic rings. The van der Waals surface area contributed by atoms with Gasteiger partial charge in [0.2, 0.25) is 22.8 Å². The van der Waals surface area contributed by atoms with Crippen LogP contribution in [0.4, 0.5) is 9.93 Å². The van der Waals surface area contributed by atoms with Crippen LogP contribution in [0.25, 0.3) is 0 Å². The summed E-state index contributed by atoms with van der Waals surface area (Å²) in [6.45, 7) is 7.44. The summed E-state index contributed by atoms with van der Waals surface area (Å²) in [4.78, 5) is 74.3. The van der Waals surface area contributed by atoms with Crippen molar-refractivity contribution in [2.75, 3.05) is 23.8 Å². The zero-order chi connectivity index (χ0) is 38.3. The Morgan fingerprint density at radius 1 is 1.19 bits per heavy atom. The second-order valence-corrected chi connectivity index (χ2v) is 16.0. The number of carbonyl (C=O) groups is 5. The highest BCUT2D eigenvalue weighted by Gasteiger charge is 2.54. The minimum atomic E-state index is -1.30. The number of carbonyl (C=O) groups excluding carboxylic acids is 4. The van der Waals surface area contributed by atoms with Crippen molar-refractivity contribution in [2.45, 2.75) is 107 Å². The summed E-state index contributed by atoms with van der Waals surface area (Å²) in [5, 5.41) is 30.7. The number of anilines is 1. The van der Waals surface area contributed by atoms with Crippen molar-refractivity contribution in [3.05, 3.63) is 17.1 Å². The third kappa shape index (κ3) is 10.3. The van der Waals surface area contributed by atoms with Crippen molar-refractivity contribution in [1.82, 2.24) is 45.1 Å². The Morgan fingerprint density at radius 3 is 2.62 bits per heavy atom. The van der Waals surface area contributed by atoms with E-state index >= 15 is 0 Å². The van der Waals surface area contributed by atoms with Gasteiger partial charge in [-0.25, -0.2) is 19.1 Å². The Hall–Kier alpha value is -4.51. The number of aryl methyl sites for hydroxylation is 1. The van der Waals surface area contributed by atoms with Crippen LogP contribution in [0.2, 0.25) is 0 Å². The number of hydrogen-bond donors (Lipinski definition) is 4. The molecule has 2 fully saturated rings. The van der Waals surface area contributed by atoms with E-state index in [4.69, 9.17) is 20.0 Å². The number of β-lactam (4-membered cyclic amide) rings is 1. The van der Waals surface area contributed by atoms with Crippen LogP contribution >= 0.6 is 35.1 Å². The average molecular weight is 796 g/mol. The van der Waals surface area contributed by atoms with E-state index in [1.807, 2.05) is 0 Å². The highest BCUT2D eigenvalue weighted by atomic mass is 32.2. The molecule has 2 aromatic heterocycles. The Labute approximate surface area is 316 Å². The van der Waals surface area contributed by atoms with Crippen LogP contribution in [0.5, 0.6) is 0 Å². The number of fused-ring (bicyclic) bond motifs is 1. The molecule has 53 heavy (non-hydrogen) atoms. The third-order valence-electron chi connectivity index (χ3n) is 7.96. The summed E-state index contributed by atoms with van der Waals surface area (Å²) < 4.78 is 16.3. The number of rotatable bonds is 15. The number of amides is 3. The standard InChI is InChI=1S/C30H41N11O9S3/c1-15(26(46)48-17-9-6-5-7-10-17)50-36-18(21-34-27(31)53-37-21)22(42)33-19-23(43)41-20(25(44)45)16(13-51-24(19)41)14-52-28-35-38-39-40(28)12-8-11-32-29(47)49-30(2,3)4/h15,17,19,24H,5-14H2,1-4H3,(H,32,47)(H,33,42)(H,44,45)(H2,31,34,37)/t15?,19?,24-/m0/s1. The molecule has 1 saturated heterocycles. The molecule has 23 heteroatoms. The van der Waals surface area contributed by atoms with E-state index in [9.17, 15) is 29.1 Å². The van der Waals surface area contributed by atoms with Crippen LogP contribution in [-0.4, -0.2) is 122 Å². The third-order valence-corrected chi connectivity index (χ3v) is 10.9. The Balaban J connectivity index is 1.19. The van der Waals surface area contributed by atoms with E-state index in [1.165, 1.54) is 35.1 Å². The molecule has 288 valence electrons. The van der Waals surface area contributed by atoms with Gasteiger partial charge in [0.05, 0.1) is 0 Å². The first kappa shape index (κ1) is 39.7. The molecular weight excluding hydrogens is 755 g/mol. The number of nitrogens with two attached hydrogens (primary N) is 1. The van der Waals surface area contributed by atoms with Crippen molar-refractivity contribution in [3.8, 4) is 0 Å². The molecule has 1 aliphatic carbocycles. The van der Waals surface area contributed by atoms with Crippen LogP contribution in [-0.2, 0) is 40.0 Å². The molecule has 0 radical (unpaired) electrons. The minimum absolute atomic E-state index is 0.0462. The predicted molar refractivity (Wildman–Crippen MR) is 191 cm³/mol. The van der Waals surface area contributed by atoms with Gasteiger partial charge in [-0.1, -0.05) is 23.3 Å². The number of oxime groups is 1. The number of tetrazole rings is 1. The number of aliphatic carboxylic acids is 1. The number of aromatic nitrogens is 6. The molecule has 1 saturated carbocycles. The number of nitrogen functional groups attached to an aromatic ring is 1. The van der Waals surface area contributed by atoms with Gasteiger partial charge >= 0.3 is 18.0 Å². The predicted octanol–water partition coefficient (Wildman–Crippen LogP) is 1.54. The maximum atomic E-state index is 13.5. The van der Waals surface area contributed by atoms with Gasteiger partial charge in [-0.15, -0.1) is 16.9 Å². The van der Waals surface area contributed by atoms with Gasteiger partial charge in [-0.3, -0.25) is 14.5 Å². The molecule has 2 aromatic rings. The van der Waals surface area contributed by atoms with Gasteiger partial charge in [0.15, 0.2) is 5.13 Å². The number of hydrogen-bond acceptors (Lipinski definition) is 18. The van der Waals surface area contributed by atoms with Crippen molar-refractivity contribution in [2.24, 2.45) is 5.16 Å². The van der Waals surface area contributed by atoms with Crippen molar-refractivity contribution >= 4 is 75.7 Å². The first-order chi connectivity index (χ1) is 25.2. The van der Waals surface area contributed by atoms with Crippen LogP contribution in [0.3, 0.4) is 0 Å². The maximum Gasteiger partial charge on any atom is 0.407 e. The monoisotopic (exact) mass is 795 g/mol. The smallest absolute Gasteiger partial charge is 0.407 e. The van der Waals surface area contributed by atoms with Gasteiger partial charge in [0.1, 0.15) is 28.8 Å². The van der Waals surface area contributed by atoms with Crippen molar-refractivity contribution in [3.63, 3.8) is 0 Å². The number of esters is 1. The molecule has 3 amide bonds. The number of carboxylic acids is 1. The number of nitrogens with zero attached hydrogens (tertiary/aromatic N) is 8. The second kappa shape index (κ2) is 17.5. The fraction of sp³-hybridized carbons (Fsp3) is 0.633. The molecule has 0 spiro atoms. The van der Waals surface area contributed by atoms with Crippen LogP contribution in [0.1, 0.15) is 72.0 Å². The molecule has 3 atom stereocenters. The van der Waals surface area contributed by atoms with Crippen LogP contribution in [0, 0.1) is 0 Å². The lowest BCUT2D eigenvalue weighted by atomic mass is 9.98. The van der Waals surface area contributed by atoms with Crippen LogP contribution < -0.4 is 16.4 Å². The Morgan fingerprint density at radius 2 is 1.94 bits per heavy atom. The van der Waals surface area contributed by atoms with Gasteiger partial charge in [0.25, 0.3) is 11.8 Å².